The topological polar surface area (TPSA) is 56.7 Å². The Morgan fingerprint density at radius 2 is 1.80 bits per heavy atom. The van der Waals surface area contributed by atoms with Crippen LogP contribution in [0.1, 0.15) is 44.6 Å². The van der Waals surface area contributed by atoms with Crippen LogP contribution in [0.25, 0.3) is 0 Å². The summed E-state index contributed by atoms with van der Waals surface area (Å²) in [4.78, 5) is 0. The quantitative estimate of drug-likeness (QED) is 0.694. The number of hydrogen-bond acceptors (Lipinski definition) is 4. The summed E-state index contributed by atoms with van der Waals surface area (Å²) in [5, 5.41) is 8.93. The van der Waals surface area contributed by atoms with Gasteiger partial charge in [-0.25, -0.2) is 4.68 Å². The van der Waals surface area contributed by atoms with Gasteiger partial charge in [-0.15, -0.1) is 10.2 Å². The maximum absolute atomic E-state index is 5.93. The lowest BCUT2D eigenvalue weighted by molar-refractivity contribution is 0.590. The van der Waals surface area contributed by atoms with Gasteiger partial charge < -0.3 is 5.84 Å². The van der Waals surface area contributed by atoms with E-state index in [0.717, 1.165) is 23.2 Å². The van der Waals surface area contributed by atoms with Crippen LogP contribution in [-0.4, -0.2) is 14.9 Å². The summed E-state index contributed by atoms with van der Waals surface area (Å²) in [5.74, 6) is 7.60. The first-order chi connectivity index (χ1) is 9.41. The van der Waals surface area contributed by atoms with E-state index in [1.54, 1.807) is 16.4 Å². The molecule has 2 N–H and O–H groups in total. The summed E-state index contributed by atoms with van der Waals surface area (Å²) in [7, 11) is 0. The SMILES string of the molecule is CCc1nnc(SCc2ccc(C(C)(C)C)cc2)n1N. The number of rotatable bonds is 4. The fourth-order valence-electron chi connectivity index (χ4n) is 1.90. The summed E-state index contributed by atoms with van der Waals surface area (Å²) in [6, 6.07) is 8.73. The van der Waals surface area contributed by atoms with E-state index in [0.29, 0.717) is 0 Å². The zero-order valence-corrected chi connectivity index (χ0v) is 13.4. The smallest absolute Gasteiger partial charge is 0.210 e. The molecule has 0 amide bonds. The zero-order valence-electron chi connectivity index (χ0n) is 12.6. The van der Waals surface area contributed by atoms with Crippen LogP contribution in [-0.2, 0) is 17.6 Å². The van der Waals surface area contributed by atoms with Gasteiger partial charge in [0.15, 0.2) is 5.82 Å². The van der Waals surface area contributed by atoms with Crippen molar-refractivity contribution in [3.63, 3.8) is 0 Å². The summed E-state index contributed by atoms with van der Waals surface area (Å²) >= 11 is 1.61. The van der Waals surface area contributed by atoms with Crippen molar-refractivity contribution < 1.29 is 0 Å². The average Bonchev–Trinajstić information content (AvgIpc) is 2.76. The maximum atomic E-state index is 5.93. The summed E-state index contributed by atoms with van der Waals surface area (Å²) < 4.78 is 1.58. The van der Waals surface area contributed by atoms with Crippen molar-refractivity contribution in [3.8, 4) is 0 Å². The molecule has 0 radical (unpaired) electrons. The predicted octanol–water partition coefficient (Wildman–Crippen LogP) is 3.14. The van der Waals surface area contributed by atoms with Gasteiger partial charge >= 0.3 is 0 Å². The highest BCUT2D eigenvalue weighted by Crippen LogP contribution is 2.25. The van der Waals surface area contributed by atoms with Crippen LogP contribution in [0.2, 0.25) is 0 Å². The van der Waals surface area contributed by atoms with Crippen molar-refractivity contribution in [3.05, 3.63) is 41.2 Å². The number of thioether (sulfide) groups is 1. The molecule has 0 spiro atoms. The first-order valence-corrected chi connectivity index (χ1v) is 7.82. The Hall–Kier alpha value is -1.49. The van der Waals surface area contributed by atoms with Crippen LogP contribution >= 0.6 is 11.8 Å². The number of hydrogen-bond donors (Lipinski definition) is 1. The third-order valence-electron chi connectivity index (χ3n) is 3.24. The first kappa shape index (κ1) is 14.9. The minimum absolute atomic E-state index is 0.194. The van der Waals surface area contributed by atoms with E-state index >= 15 is 0 Å². The second-order valence-corrected chi connectivity index (χ2v) is 6.80. The lowest BCUT2D eigenvalue weighted by atomic mass is 9.87. The van der Waals surface area contributed by atoms with Crippen LogP contribution in [0.5, 0.6) is 0 Å². The van der Waals surface area contributed by atoms with Crippen molar-refractivity contribution in [1.82, 2.24) is 14.9 Å². The summed E-state index contributed by atoms with van der Waals surface area (Å²) in [5.41, 5.74) is 2.81. The number of nitrogens with zero attached hydrogens (tertiary/aromatic N) is 3. The second-order valence-electron chi connectivity index (χ2n) is 5.86. The normalized spacial score (nSPS) is 11.8. The molecule has 0 bridgehead atoms. The Morgan fingerprint density at radius 1 is 1.15 bits per heavy atom. The standard InChI is InChI=1S/C15H22N4S/c1-5-13-17-18-14(19(13)16)20-10-11-6-8-12(9-7-11)15(2,3)4/h6-9H,5,10,16H2,1-4H3. The molecule has 20 heavy (non-hydrogen) atoms. The van der Waals surface area contributed by atoms with Gasteiger partial charge in [-0.05, 0) is 16.5 Å². The van der Waals surface area contributed by atoms with Gasteiger partial charge in [-0.2, -0.15) is 0 Å². The van der Waals surface area contributed by atoms with Crippen molar-refractivity contribution in [2.75, 3.05) is 5.84 Å². The molecule has 0 saturated heterocycles. The molecule has 1 aromatic heterocycles. The highest BCUT2D eigenvalue weighted by Gasteiger charge is 2.13. The number of benzene rings is 1. The fraction of sp³-hybridized carbons (Fsp3) is 0.467. The molecule has 108 valence electrons. The molecule has 1 heterocycles. The number of aryl methyl sites for hydroxylation is 1. The zero-order chi connectivity index (χ0) is 14.8. The predicted molar refractivity (Wildman–Crippen MR) is 84.3 cm³/mol. The molecule has 2 rings (SSSR count). The van der Waals surface area contributed by atoms with Gasteiger partial charge in [0, 0.05) is 12.2 Å². The largest absolute Gasteiger partial charge is 0.336 e. The van der Waals surface area contributed by atoms with Gasteiger partial charge in [0.1, 0.15) is 0 Å². The Kier molecular flexibility index (Phi) is 4.38. The summed E-state index contributed by atoms with van der Waals surface area (Å²) in [6.07, 6.45) is 0.796. The van der Waals surface area contributed by atoms with Crippen LogP contribution < -0.4 is 5.84 Å². The lowest BCUT2D eigenvalue weighted by Gasteiger charge is -2.19. The van der Waals surface area contributed by atoms with Gasteiger partial charge in [0.2, 0.25) is 5.16 Å². The molecular formula is C15H22N4S. The number of nitrogen functional groups attached to an aromatic ring is 1. The Labute approximate surface area is 124 Å². The Bertz CT molecular complexity index is 567. The van der Waals surface area contributed by atoms with Crippen LogP contribution in [0, 0.1) is 0 Å². The van der Waals surface area contributed by atoms with Crippen molar-refractivity contribution in [2.24, 2.45) is 0 Å². The molecule has 0 saturated carbocycles. The first-order valence-electron chi connectivity index (χ1n) is 6.83. The Morgan fingerprint density at radius 3 is 2.30 bits per heavy atom. The van der Waals surface area contributed by atoms with Crippen molar-refractivity contribution in [1.29, 1.82) is 0 Å². The number of nitrogens with two attached hydrogens (primary N) is 1. The van der Waals surface area contributed by atoms with E-state index in [1.807, 2.05) is 6.92 Å². The fourth-order valence-corrected chi connectivity index (χ4v) is 2.73. The average molecular weight is 290 g/mol. The molecule has 0 aliphatic rings. The van der Waals surface area contributed by atoms with Gasteiger partial charge in [-0.3, -0.25) is 0 Å². The van der Waals surface area contributed by atoms with Crippen LogP contribution in [0.4, 0.5) is 0 Å². The van der Waals surface area contributed by atoms with Gasteiger partial charge in [0.25, 0.3) is 0 Å². The molecule has 5 heteroatoms. The molecule has 0 atom stereocenters. The molecule has 2 aromatic rings. The number of aromatic nitrogens is 3. The molecule has 0 aliphatic carbocycles. The molecule has 0 aliphatic heterocycles. The third kappa shape index (κ3) is 3.33. The van der Waals surface area contributed by atoms with E-state index in [1.165, 1.54) is 11.1 Å². The maximum Gasteiger partial charge on any atom is 0.210 e. The molecule has 4 nitrogen and oxygen atoms in total. The van der Waals surface area contributed by atoms with E-state index < -0.39 is 0 Å². The van der Waals surface area contributed by atoms with E-state index in [-0.39, 0.29) is 5.41 Å². The van der Waals surface area contributed by atoms with Gasteiger partial charge in [-0.1, -0.05) is 63.7 Å². The highest BCUT2D eigenvalue weighted by molar-refractivity contribution is 7.98. The molecular weight excluding hydrogens is 268 g/mol. The van der Waals surface area contributed by atoms with Crippen LogP contribution in [0.3, 0.4) is 0 Å². The minimum atomic E-state index is 0.194. The Balaban J connectivity index is 2.02. The van der Waals surface area contributed by atoms with Crippen molar-refractivity contribution >= 4 is 11.8 Å². The van der Waals surface area contributed by atoms with E-state index in [4.69, 9.17) is 5.84 Å². The molecule has 0 fully saturated rings. The highest BCUT2D eigenvalue weighted by atomic mass is 32.2. The minimum Gasteiger partial charge on any atom is -0.336 e. The third-order valence-corrected chi connectivity index (χ3v) is 4.25. The second kappa shape index (κ2) is 5.87. The van der Waals surface area contributed by atoms with E-state index in [2.05, 4.69) is 55.2 Å². The van der Waals surface area contributed by atoms with Gasteiger partial charge in [0.05, 0.1) is 0 Å². The molecule has 1 aromatic carbocycles. The monoisotopic (exact) mass is 290 g/mol. The molecule has 0 unspecified atom stereocenters. The van der Waals surface area contributed by atoms with Crippen LogP contribution in [0.15, 0.2) is 29.4 Å². The van der Waals surface area contributed by atoms with Crippen molar-refractivity contribution in [2.45, 2.75) is 50.4 Å². The summed E-state index contributed by atoms with van der Waals surface area (Å²) in [6.45, 7) is 8.69. The van der Waals surface area contributed by atoms with E-state index in [9.17, 15) is 0 Å². The lowest BCUT2D eigenvalue weighted by Crippen LogP contribution is -2.13.